The standard InChI is InChI=1S/C21H22FN3OS/c1-4-12-25-20(16(3)26-19-7-5-6-15(2)13-19)23-24-21(25)27-14-17-8-10-18(22)11-9-17/h4-11,13,16H,1,12,14H2,2-3H3. The SMILES string of the molecule is C=CCn1c(SCc2ccc(F)cc2)nnc1C(C)Oc1cccc(C)c1. The number of ether oxygens (including phenoxy) is 1. The molecule has 1 atom stereocenters. The molecule has 2 aromatic carbocycles. The highest BCUT2D eigenvalue weighted by Crippen LogP contribution is 2.27. The molecule has 1 heterocycles. The van der Waals surface area contributed by atoms with Gasteiger partial charge in [-0.15, -0.1) is 16.8 Å². The highest BCUT2D eigenvalue weighted by Gasteiger charge is 2.19. The zero-order chi connectivity index (χ0) is 19.2. The molecule has 4 nitrogen and oxygen atoms in total. The van der Waals surface area contributed by atoms with E-state index in [1.54, 1.807) is 23.9 Å². The fourth-order valence-electron chi connectivity index (χ4n) is 2.68. The molecule has 0 bridgehead atoms. The molecule has 0 spiro atoms. The first-order chi connectivity index (χ1) is 13.1. The molecule has 6 heteroatoms. The van der Waals surface area contributed by atoms with E-state index in [-0.39, 0.29) is 11.9 Å². The smallest absolute Gasteiger partial charge is 0.191 e. The van der Waals surface area contributed by atoms with Crippen LogP contribution in [0.25, 0.3) is 0 Å². The van der Waals surface area contributed by atoms with E-state index in [1.165, 1.54) is 12.1 Å². The Labute approximate surface area is 163 Å². The number of halogens is 1. The Hall–Kier alpha value is -2.60. The number of hydrogen-bond acceptors (Lipinski definition) is 4. The van der Waals surface area contributed by atoms with Crippen molar-refractivity contribution in [1.29, 1.82) is 0 Å². The lowest BCUT2D eigenvalue weighted by molar-refractivity contribution is 0.210. The van der Waals surface area contributed by atoms with Crippen LogP contribution in [0.1, 0.15) is 30.0 Å². The number of nitrogens with zero attached hydrogens (tertiary/aromatic N) is 3. The van der Waals surface area contributed by atoms with Crippen molar-refractivity contribution in [3.05, 3.63) is 84.0 Å². The Balaban J connectivity index is 1.75. The second-order valence-corrected chi connectivity index (χ2v) is 7.17. The van der Waals surface area contributed by atoms with Gasteiger partial charge in [-0.1, -0.05) is 42.1 Å². The molecule has 0 saturated carbocycles. The summed E-state index contributed by atoms with van der Waals surface area (Å²) in [4.78, 5) is 0. The average Bonchev–Trinajstić information content (AvgIpc) is 3.04. The minimum absolute atomic E-state index is 0.233. The molecule has 0 fully saturated rings. The molecule has 3 aromatic rings. The second kappa shape index (κ2) is 8.86. The van der Waals surface area contributed by atoms with Gasteiger partial charge in [0.05, 0.1) is 0 Å². The summed E-state index contributed by atoms with van der Waals surface area (Å²) >= 11 is 1.56. The van der Waals surface area contributed by atoms with Crippen molar-refractivity contribution in [2.45, 2.75) is 37.4 Å². The van der Waals surface area contributed by atoms with Crippen LogP contribution in [0.4, 0.5) is 4.39 Å². The zero-order valence-corrected chi connectivity index (χ0v) is 16.2. The Morgan fingerprint density at radius 1 is 1.22 bits per heavy atom. The Morgan fingerprint density at radius 2 is 2.00 bits per heavy atom. The number of aryl methyl sites for hydroxylation is 1. The maximum atomic E-state index is 13.1. The number of allylic oxidation sites excluding steroid dienone is 1. The van der Waals surface area contributed by atoms with Gasteiger partial charge in [-0.25, -0.2) is 4.39 Å². The monoisotopic (exact) mass is 383 g/mol. The van der Waals surface area contributed by atoms with Crippen LogP contribution >= 0.6 is 11.8 Å². The second-order valence-electron chi connectivity index (χ2n) is 6.23. The molecule has 27 heavy (non-hydrogen) atoms. The summed E-state index contributed by atoms with van der Waals surface area (Å²) in [5.41, 5.74) is 2.17. The maximum absolute atomic E-state index is 13.1. The van der Waals surface area contributed by atoms with Crippen molar-refractivity contribution in [2.24, 2.45) is 0 Å². The summed E-state index contributed by atoms with van der Waals surface area (Å²) < 4.78 is 21.1. The normalized spacial score (nSPS) is 12.0. The van der Waals surface area contributed by atoms with Crippen LogP contribution in [0.3, 0.4) is 0 Å². The van der Waals surface area contributed by atoms with Gasteiger partial charge in [-0.3, -0.25) is 4.57 Å². The third-order valence-corrected chi connectivity index (χ3v) is 5.04. The molecule has 3 rings (SSSR count). The van der Waals surface area contributed by atoms with Crippen LogP contribution in [-0.2, 0) is 12.3 Å². The zero-order valence-electron chi connectivity index (χ0n) is 15.4. The molecule has 0 aliphatic heterocycles. The van der Waals surface area contributed by atoms with Gasteiger partial charge in [0.1, 0.15) is 11.6 Å². The first-order valence-electron chi connectivity index (χ1n) is 8.71. The topological polar surface area (TPSA) is 39.9 Å². The van der Waals surface area contributed by atoms with Crippen LogP contribution in [0.5, 0.6) is 5.75 Å². The number of hydrogen-bond donors (Lipinski definition) is 0. The van der Waals surface area contributed by atoms with E-state index in [9.17, 15) is 4.39 Å². The predicted octanol–water partition coefficient (Wildman–Crippen LogP) is 5.34. The highest BCUT2D eigenvalue weighted by atomic mass is 32.2. The van der Waals surface area contributed by atoms with E-state index in [1.807, 2.05) is 48.8 Å². The highest BCUT2D eigenvalue weighted by molar-refractivity contribution is 7.98. The van der Waals surface area contributed by atoms with Crippen LogP contribution in [-0.4, -0.2) is 14.8 Å². The number of aromatic nitrogens is 3. The van der Waals surface area contributed by atoms with Crippen molar-refractivity contribution >= 4 is 11.8 Å². The van der Waals surface area contributed by atoms with Crippen molar-refractivity contribution in [1.82, 2.24) is 14.8 Å². The molecule has 1 unspecified atom stereocenters. The fourth-order valence-corrected chi connectivity index (χ4v) is 3.59. The van der Waals surface area contributed by atoms with Gasteiger partial charge in [0, 0.05) is 12.3 Å². The number of thioether (sulfide) groups is 1. The third-order valence-electron chi connectivity index (χ3n) is 4.00. The van der Waals surface area contributed by atoms with Crippen molar-refractivity contribution in [3.63, 3.8) is 0 Å². The number of benzene rings is 2. The largest absolute Gasteiger partial charge is 0.483 e. The summed E-state index contributed by atoms with van der Waals surface area (Å²) in [6.45, 7) is 8.41. The molecule has 0 radical (unpaired) electrons. The molecular formula is C21H22FN3OS. The Morgan fingerprint density at radius 3 is 2.70 bits per heavy atom. The van der Waals surface area contributed by atoms with Crippen molar-refractivity contribution in [3.8, 4) is 5.75 Å². The van der Waals surface area contributed by atoms with Gasteiger partial charge in [0.2, 0.25) is 0 Å². The van der Waals surface area contributed by atoms with E-state index >= 15 is 0 Å². The van der Waals surface area contributed by atoms with Gasteiger partial charge in [-0.2, -0.15) is 0 Å². The van der Waals surface area contributed by atoms with E-state index < -0.39 is 0 Å². The van der Waals surface area contributed by atoms with Crippen LogP contribution in [0.2, 0.25) is 0 Å². The quantitative estimate of drug-likeness (QED) is 0.389. The fraction of sp³-hybridized carbons (Fsp3) is 0.238. The van der Waals surface area contributed by atoms with Gasteiger partial charge in [-0.05, 0) is 49.2 Å². The predicted molar refractivity (Wildman–Crippen MR) is 106 cm³/mol. The molecule has 0 aliphatic rings. The van der Waals surface area contributed by atoms with Gasteiger partial charge >= 0.3 is 0 Å². The van der Waals surface area contributed by atoms with Crippen LogP contribution in [0.15, 0.2) is 66.3 Å². The molecule has 0 saturated heterocycles. The lowest BCUT2D eigenvalue weighted by atomic mass is 10.2. The molecule has 0 amide bonds. The maximum Gasteiger partial charge on any atom is 0.191 e. The first kappa shape index (κ1) is 19.2. The van der Waals surface area contributed by atoms with E-state index in [0.717, 1.165) is 27.9 Å². The summed E-state index contributed by atoms with van der Waals surface area (Å²) in [5, 5.41) is 9.45. The minimum Gasteiger partial charge on any atom is -0.483 e. The lowest BCUT2D eigenvalue weighted by Gasteiger charge is -2.16. The van der Waals surface area contributed by atoms with E-state index in [0.29, 0.717) is 12.3 Å². The van der Waals surface area contributed by atoms with Gasteiger partial charge in [0.25, 0.3) is 0 Å². The Bertz CT molecular complexity index is 908. The summed E-state index contributed by atoms with van der Waals surface area (Å²) in [6, 6.07) is 14.4. The average molecular weight is 383 g/mol. The molecule has 140 valence electrons. The Kier molecular flexibility index (Phi) is 6.29. The van der Waals surface area contributed by atoms with Gasteiger partial charge < -0.3 is 4.74 Å². The van der Waals surface area contributed by atoms with Crippen LogP contribution < -0.4 is 4.74 Å². The first-order valence-corrected chi connectivity index (χ1v) is 9.70. The molecular weight excluding hydrogens is 361 g/mol. The lowest BCUT2D eigenvalue weighted by Crippen LogP contribution is -2.12. The number of rotatable bonds is 8. The van der Waals surface area contributed by atoms with E-state index in [4.69, 9.17) is 4.74 Å². The van der Waals surface area contributed by atoms with E-state index in [2.05, 4.69) is 16.8 Å². The summed E-state index contributed by atoms with van der Waals surface area (Å²) in [6.07, 6.45) is 1.56. The molecule has 1 aromatic heterocycles. The molecule has 0 N–H and O–H groups in total. The summed E-state index contributed by atoms with van der Waals surface area (Å²) in [7, 11) is 0. The van der Waals surface area contributed by atoms with Crippen LogP contribution in [0, 0.1) is 12.7 Å². The molecule has 0 aliphatic carbocycles. The van der Waals surface area contributed by atoms with Crippen molar-refractivity contribution < 1.29 is 9.13 Å². The summed E-state index contributed by atoms with van der Waals surface area (Å²) in [5.74, 6) is 2.00. The van der Waals surface area contributed by atoms with Crippen molar-refractivity contribution in [2.75, 3.05) is 0 Å². The van der Waals surface area contributed by atoms with Gasteiger partial charge in [0.15, 0.2) is 17.1 Å². The minimum atomic E-state index is -0.251. The third kappa shape index (κ3) is 4.98.